The van der Waals surface area contributed by atoms with Crippen molar-refractivity contribution in [2.45, 2.75) is 25.7 Å². The second-order valence-electron chi connectivity index (χ2n) is 11.9. The van der Waals surface area contributed by atoms with E-state index in [4.69, 9.17) is 0 Å². The molecule has 0 saturated heterocycles. The Balaban J connectivity index is 1.38. The van der Waals surface area contributed by atoms with Gasteiger partial charge in [0.15, 0.2) is 0 Å². The number of hydrogen-bond donors (Lipinski definition) is 0. The van der Waals surface area contributed by atoms with Crippen LogP contribution in [0.3, 0.4) is 0 Å². The maximum Gasteiger partial charge on any atom is 0.233 e. The number of ketones is 4. The maximum absolute atomic E-state index is 13.6. The number of allylic oxidation sites excluding steroid dienone is 5. The van der Waals surface area contributed by atoms with Crippen LogP contribution in [0.5, 0.6) is 0 Å². The summed E-state index contributed by atoms with van der Waals surface area (Å²) in [6, 6.07) is 11.9. The zero-order valence-corrected chi connectivity index (χ0v) is 21.5. The van der Waals surface area contributed by atoms with Gasteiger partial charge in [-0.15, -0.1) is 0 Å². The lowest BCUT2D eigenvalue weighted by molar-refractivity contribution is -0.111. The van der Waals surface area contributed by atoms with E-state index in [1.165, 1.54) is 0 Å². The Bertz CT molecular complexity index is 1980. The molecule has 2 atom stereocenters. The van der Waals surface area contributed by atoms with Crippen molar-refractivity contribution in [3.8, 4) is 0 Å². The third-order valence-corrected chi connectivity index (χ3v) is 9.64. The fraction of sp³-hybridized carbons (Fsp3) is 0.167. The van der Waals surface area contributed by atoms with Crippen molar-refractivity contribution in [3.63, 3.8) is 0 Å². The highest BCUT2D eigenvalue weighted by Crippen LogP contribution is 2.41. The second-order valence-corrected chi connectivity index (χ2v) is 11.9. The van der Waals surface area contributed by atoms with Crippen LogP contribution < -0.4 is 0 Å². The summed E-state index contributed by atoms with van der Waals surface area (Å²) in [7, 11) is 0. The minimum atomic E-state index is -0.459. The predicted octanol–water partition coefficient (Wildman–Crippen LogP) is 5.72. The van der Waals surface area contributed by atoms with Crippen molar-refractivity contribution >= 4 is 41.4 Å². The lowest BCUT2D eigenvalue weighted by Gasteiger charge is -2.26. The molecule has 0 N–H and O–H groups in total. The summed E-state index contributed by atoms with van der Waals surface area (Å²) in [5.74, 6) is -1.71. The largest absolute Gasteiger partial charge is 0.285 e. The summed E-state index contributed by atoms with van der Waals surface area (Å²) in [5, 5.41) is 0. The van der Waals surface area contributed by atoms with Gasteiger partial charge in [-0.3, -0.25) is 19.2 Å². The highest BCUT2D eigenvalue weighted by Gasteiger charge is 2.37. The normalized spacial score (nSPS) is 22.4. The molecule has 3 aromatic rings. The quantitative estimate of drug-likeness (QED) is 0.279. The van der Waals surface area contributed by atoms with Crippen LogP contribution >= 0.6 is 0 Å². The van der Waals surface area contributed by atoms with E-state index in [2.05, 4.69) is 30.4 Å². The van der Waals surface area contributed by atoms with E-state index in [0.29, 0.717) is 41.5 Å². The summed E-state index contributed by atoms with van der Waals surface area (Å²) in [6.45, 7) is 0. The van der Waals surface area contributed by atoms with Crippen LogP contribution in [-0.2, 0) is 30.5 Å². The van der Waals surface area contributed by atoms with E-state index >= 15 is 0 Å². The Morgan fingerprint density at radius 1 is 0.500 bits per heavy atom. The summed E-state index contributed by atoms with van der Waals surface area (Å²) in [6.07, 6.45) is 14.6. The third-order valence-electron chi connectivity index (χ3n) is 9.64. The first-order valence-electron chi connectivity index (χ1n) is 13.9. The third kappa shape index (κ3) is 2.91. The second kappa shape index (κ2) is 7.48. The van der Waals surface area contributed by atoms with E-state index in [1.54, 1.807) is 0 Å². The smallest absolute Gasteiger partial charge is 0.233 e. The van der Waals surface area contributed by atoms with E-state index < -0.39 is 23.1 Å². The summed E-state index contributed by atoms with van der Waals surface area (Å²) < 4.78 is 0. The fourth-order valence-electron chi connectivity index (χ4n) is 7.56. The van der Waals surface area contributed by atoms with Crippen LogP contribution in [0.25, 0.3) is 18.2 Å². The molecule has 2 unspecified atom stereocenters. The van der Waals surface area contributed by atoms with Crippen molar-refractivity contribution in [3.05, 3.63) is 133 Å². The molecule has 0 fully saturated rings. The van der Waals surface area contributed by atoms with Crippen molar-refractivity contribution in [2.75, 3.05) is 0 Å². The molecule has 9 rings (SSSR count). The number of Topliss-reactive ketones (excluding diaryl/α,β-unsaturated/α-hetero) is 4. The Hall–Kier alpha value is -4.70. The van der Waals surface area contributed by atoms with Gasteiger partial charge in [0.2, 0.25) is 23.1 Å². The first-order valence-corrected chi connectivity index (χ1v) is 13.9. The molecule has 0 aliphatic heterocycles. The van der Waals surface area contributed by atoms with Crippen LogP contribution in [0.1, 0.15) is 81.1 Å². The molecule has 0 heterocycles. The minimum Gasteiger partial charge on any atom is -0.285 e. The molecule has 3 aromatic carbocycles. The predicted molar refractivity (Wildman–Crippen MR) is 151 cm³/mol. The molecule has 0 spiro atoms. The van der Waals surface area contributed by atoms with Gasteiger partial charge in [0.25, 0.3) is 0 Å². The molecule has 6 aliphatic carbocycles. The Kier molecular flexibility index (Phi) is 4.14. The van der Waals surface area contributed by atoms with Gasteiger partial charge in [-0.25, -0.2) is 0 Å². The molecule has 0 aromatic heterocycles. The lowest BCUT2D eigenvalue weighted by Crippen LogP contribution is -2.22. The minimum absolute atomic E-state index is 0.0403. The Morgan fingerprint density at radius 3 is 1.68 bits per heavy atom. The monoisotopic (exact) mass is 518 g/mol. The first kappa shape index (κ1) is 22.2. The zero-order chi connectivity index (χ0) is 26.9. The van der Waals surface area contributed by atoms with Gasteiger partial charge in [0, 0.05) is 28.2 Å². The fourth-order valence-corrected chi connectivity index (χ4v) is 7.56. The molecule has 190 valence electrons. The van der Waals surface area contributed by atoms with Crippen molar-refractivity contribution in [1.29, 1.82) is 0 Å². The standard InChI is InChI=1S/C36H22O4/c37-33-29-13-17-1-2-18-14-30-26-8-22(18)5-21(17)7-25(29)11-27-9-23-6-24-10-28(12-26)32(36(40)34(30)38)16-20(24)4-3-19(23)15-31(27)35(33)39/h1-4,7-10,13-17,21H,5-6,11-12H2. The molecule has 40 heavy (non-hydrogen) atoms. The van der Waals surface area contributed by atoms with Crippen molar-refractivity contribution < 1.29 is 19.2 Å². The van der Waals surface area contributed by atoms with Crippen LogP contribution in [0.2, 0.25) is 0 Å². The van der Waals surface area contributed by atoms with E-state index in [-0.39, 0.29) is 11.8 Å². The molecule has 8 bridgehead atoms. The number of carbonyl (C=O) groups excluding carboxylic acids is 4. The Labute approximate surface area is 230 Å². The van der Waals surface area contributed by atoms with Crippen molar-refractivity contribution in [2.24, 2.45) is 11.8 Å². The van der Waals surface area contributed by atoms with Crippen LogP contribution in [0, 0.1) is 11.8 Å². The number of rotatable bonds is 0. The molecule has 0 radical (unpaired) electrons. The molecular weight excluding hydrogens is 496 g/mol. The van der Waals surface area contributed by atoms with E-state index in [1.807, 2.05) is 42.5 Å². The van der Waals surface area contributed by atoms with Gasteiger partial charge in [0.1, 0.15) is 0 Å². The van der Waals surface area contributed by atoms with E-state index in [9.17, 15) is 19.2 Å². The van der Waals surface area contributed by atoms with Crippen molar-refractivity contribution in [1.82, 2.24) is 0 Å². The van der Waals surface area contributed by atoms with Crippen LogP contribution in [0.4, 0.5) is 0 Å². The van der Waals surface area contributed by atoms with Gasteiger partial charge < -0.3 is 0 Å². The summed E-state index contributed by atoms with van der Waals surface area (Å²) >= 11 is 0. The topological polar surface area (TPSA) is 68.3 Å². The van der Waals surface area contributed by atoms with Gasteiger partial charge in [-0.05, 0) is 105 Å². The molecule has 0 amide bonds. The highest BCUT2D eigenvalue weighted by atomic mass is 16.2. The molecule has 4 heteroatoms. The highest BCUT2D eigenvalue weighted by molar-refractivity contribution is 6.51. The summed E-state index contributed by atoms with van der Waals surface area (Å²) in [5.41, 5.74) is 11.6. The lowest BCUT2D eigenvalue weighted by atomic mass is 9.77. The molecule has 4 nitrogen and oxygen atoms in total. The van der Waals surface area contributed by atoms with Gasteiger partial charge in [0.05, 0.1) is 0 Å². The average Bonchev–Trinajstić information content (AvgIpc) is 3.31. The maximum atomic E-state index is 13.6. The number of carbonyl (C=O) groups is 4. The Morgan fingerprint density at radius 2 is 1.02 bits per heavy atom. The number of hydrogen-bond acceptors (Lipinski definition) is 4. The van der Waals surface area contributed by atoms with Crippen LogP contribution in [0.15, 0.2) is 65.8 Å². The average molecular weight is 519 g/mol. The first-order chi connectivity index (χ1) is 19.4. The zero-order valence-electron chi connectivity index (χ0n) is 21.5. The van der Waals surface area contributed by atoms with Gasteiger partial charge in [-0.1, -0.05) is 54.7 Å². The SMILES string of the molecule is O=C1C(=O)c2cc3c4cc2CC2=CC5Cc6cc7c(cc6C=CC5C=C12)C(=O)C(=O)c1cc(c(cc1C7)C4)C=C3. The van der Waals surface area contributed by atoms with Gasteiger partial charge >= 0.3 is 0 Å². The van der Waals surface area contributed by atoms with E-state index in [0.717, 1.165) is 62.1 Å². The number of benzene rings is 3. The molecule has 0 saturated carbocycles. The van der Waals surface area contributed by atoms with Crippen LogP contribution in [-0.4, -0.2) is 23.1 Å². The molecular formula is C36H22O4. The molecule has 6 aliphatic rings. The van der Waals surface area contributed by atoms with Gasteiger partial charge in [-0.2, -0.15) is 0 Å². The summed E-state index contributed by atoms with van der Waals surface area (Å²) in [4.78, 5) is 54.3.